The van der Waals surface area contributed by atoms with E-state index in [9.17, 15) is 0 Å². The Kier molecular flexibility index (Phi) is 7.47. The Morgan fingerprint density at radius 1 is 0.972 bits per heavy atom. The van der Waals surface area contributed by atoms with Crippen molar-refractivity contribution in [1.29, 1.82) is 0 Å². The molecular formula is C29H36N6O. The van der Waals surface area contributed by atoms with E-state index in [2.05, 4.69) is 54.0 Å². The molecule has 4 aromatic rings. The normalized spacial score (nSPS) is 15.7. The Hall–Kier alpha value is -3.45. The Balaban J connectivity index is 1.44. The molecular weight excluding hydrogens is 448 g/mol. The van der Waals surface area contributed by atoms with E-state index in [0.717, 1.165) is 86.1 Å². The summed E-state index contributed by atoms with van der Waals surface area (Å²) in [6.45, 7) is 9.31. The maximum Gasteiger partial charge on any atom is 0.168 e. The maximum atomic E-state index is 5.42. The fraction of sp³-hybridized carbons (Fsp3) is 0.414. The van der Waals surface area contributed by atoms with Gasteiger partial charge in [0.1, 0.15) is 17.4 Å². The van der Waals surface area contributed by atoms with Crippen LogP contribution in [0.2, 0.25) is 0 Å². The average molecular weight is 485 g/mol. The quantitative estimate of drug-likeness (QED) is 0.332. The van der Waals surface area contributed by atoms with Gasteiger partial charge in [-0.15, -0.1) is 0 Å². The Bertz CT molecular complexity index is 1290. The van der Waals surface area contributed by atoms with Crippen molar-refractivity contribution in [3.8, 4) is 11.4 Å². The van der Waals surface area contributed by atoms with Crippen molar-refractivity contribution in [1.82, 2.24) is 24.6 Å². The summed E-state index contributed by atoms with van der Waals surface area (Å²) in [5.74, 6) is 3.14. The van der Waals surface area contributed by atoms with Crippen LogP contribution >= 0.6 is 0 Å². The van der Waals surface area contributed by atoms with E-state index in [-0.39, 0.29) is 0 Å². The summed E-state index contributed by atoms with van der Waals surface area (Å²) in [6.07, 6.45) is 5.20. The molecule has 1 atom stereocenters. The molecule has 1 aliphatic rings. The molecule has 0 N–H and O–H groups in total. The van der Waals surface area contributed by atoms with Crippen LogP contribution in [0, 0.1) is 0 Å². The Labute approximate surface area is 213 Å². The molecule has 0 saturated carbocycles. The number of benzene rings is 2. The highest BCUT2D eigenvalue weighted by molar-refractivity contribution is 5.88. The number of para-hydroxylation sites is 1. The van der Waals surface area contributed by atoms with Gasteiger partial charge in [0.25, 0.3) is 0 Å². The third-order valence-electron chi connectivity index (χ3n) is 7.02. The average Bonchev–Trinajstić information content (AvgIpc) is 3.21. The number of methoxy groups -OCH3 is 1. The number of anilines is 1. The van der Waals surface area contributed by atoms with Crippen LogP contribution in [-0.2, 0) is 6.54 Å². The molecule has 36 heavy (non-hydrogen) atoms. The van der Waals surface area contributed by atoms with Crippen molar-refractivity contribution >= 4 is 16.9 Å². The fourth-order valence-corrected chi connectivity index (χ4v) is 5.06. The number of hydrogen-bond acceptors (Lipinski definition) is 6. The molecule has 7 nitrogen and oxygen atoms in total. The molecule has 0 radical (unpaired) electrons. The highest BCUT2D eigenvalue weighted by Gasteiger charge is 2.23. The van der Waals surface area contributed by atoms with Crippen LogP contribution in [0.15, 0.2) is 60.8 Å². The summed E-state index contributed by atoms with van der Waals surface area (Å²) in [7, 11) is 1.72. The van der Waals surface area contributed by atoms with Gasteiger partial charge >= 0.3 is 0 Å². The first-order valence-corrected chi connectivity index (χ1v) is 13.1. The second kappa shape index (κ2) is 11.1. The third kappa shape index (κ3) is 5.21. The van der Waals surface area contributed by atoms with Crippen LogP contribution in [0.3, 0.4) is 0 Å². The van der Waals surface area contributed by atoms with Crippen molar-refractivity contribution in [3.63, 3.8) is 0 Å². The number of ether oxygens (including phenoxy) is 1. The zero-order chi connectivity index (χ0) is 24.9. The van der Waals surface area contributed by atoms with E-state index in [1.165, 1.54) is 5.56 Å². The minimum absolute atomic E-state index is 0.300. The predicted molar refractivity (Wildman–Crippen MR) is 145 cm³/mol. The first kappa shape index (κ1) is 24.3. The third-order valence-corrected chi connectivity index (χ3v) is 7.02. The van der Waals surface area contributed by atoms with E-state index < -0.39 is 0 Å². The van der Waals surface area contributed by atoms with Crippen molar-refractivity contribution in [2.24, 2.45) is 0 Å². The highest BCUT2D eigenvalue weighted by Crippen LogP contribution is 2.30. The lowest BCUT2D eigenvalue weighted by atomic mass is 10.1. The van der Waals surface area contributed by atoms with Crippen LogP contribution in [0.4, 0.5) is 5.82 Å². The van der Waals surface area contributed by atoms with E-state index in [1.807, 2.05) is 35.1 Å². The SMILES string of the molecule is CCC[C@H](C)c1nc(N2CCCN(Cc3cccc(OC)c3)CC2)c2cnn(-c3ccccc3)c2n1. The molecule has 0 aliphatic carbocycles. The molecule has 1 fully saturated rings. The van der Waals surface area contributed by atoms with Gasteiger partial charge in [0.2, 0.25) is 0 Å². The van der Waals surface area contributed by atoms with Crippen LogP contribution in [0.1, 0.15) is 50.4 Å². The lowest BCUT2D eigenvalue weighted by Gasteiger charge is -2.24. The standard InChI is InChI=1S/C29H36N6O/c1-4-10-22(2)27-31-28(26-20-30-35(29(26)32-27)24-12-6-5-7-13-24)34-16-9-15-33(17-18-34)21-23-11-8-14-25(19-23)36-3/h5-8,11-14,19-20,22H,4,9-10,15-18,21H2,1-3H3/t22-/m0/s1. The zero-order valence-corrected chi connectivity index (χ0v) is 21.6. The molecule has 2 aromatic carbocycles. The number of rotatable bonds is 8. The number of fused-ring (bicyclic) bond motifs is 1. The Morgan fingerprint density at radius 3 is 2.64 bits per heavy atom. The first-order valence-electron chi connectivity index (χ1n) is 13.1. The summed E-state index contributed by atoms with van der Waals surface area (Å²) >= 11 is 0. The molecule has 188 valence electrons. The van der Waals surface area contributed by atoms with Crippen LogP contribution < -0.4 is 9.64 Å². The van der Waals surface area contributed by atoms with Gasteiger partial charge in [-0.2, -0.15) is 5.10 Å². The van der Waals surface area contributed by atoms with Gasteiger partial charge in [-0.05, 0) is 42.7 Å². The van der Waals surface area contributed by atoms with Gasteiger partial charge in [0, 0.05) is 38.6 Å². The summed E-state index contributed by atoms with van der Waals surface area (Å²) < 4.78 is 7.37. The van der Waals surface area contributed by atoms with Gasteiger partial charge in [-0.25, -0.2) is 14.6 Å². The molecule has 1 aliphatic heterocycles. The fourth-order valence-electron chi connectivity index (χ4n) is 5.06. The first-order chi connectivity index (χ1) is 17.7. The van der Waals surface area contributed by atoms with Crippen molar-refractivity contribution < 1.29 is 4.74 Å². The molecule has 2 aromatic heterocycles. The van der Waals surface area contributed by atoms with Gasteiger partial charge < -0.3 is 9.64 Å². The van der Waals surface area contributed by atoms with Gasteiger partial charge in [-0.1, -0.05) is 50.6 Å². The van der Waals surface area contributed by atoms with Crippen molar-refractivity contribution in [2.75, 3.05) is 38.2 Å². The van der Waals surface area contributed by atoms with Crippen LogP contribution in [0.5, 0.6) is 5.75 Å². The van der Waals surface area contributed by atoms with Gasteiger partial charge in [-0.3, -0.25) is 4.90 Å². The van der Waals surface area contributed by atoms with Crippen LogP contribution in [0.25, 0.3) is 16.7 Å². The molecule has 1 saturated heterocycles. The second-order valence-electron chi connectivity index (χ2n) is 9.69. The molecule has 0 bridgehead atoms. The monoisotopic (exact) mass is 484 g/mol. The predicted octanol–water partition coefficient (Wildman–Crippen LogP) is 5.44. The second-order valence-corrected chi connectivity index (χ2v) is 9.69. The van der Waals surface area contributed by atoms with E-state index in [0.29, 0.717) is 5.92 Å². The number of aromatic nitrogens is 4. The molecule has 0 unspecified atom stereocenters. The minimum atomic E-state index is 0.300. The van der Waals surface area contributed by atoms with Crippen molar-refractivity contribution in [3.05, 3.63) is 72.2 Å². The summed E-state index contributed by atoms with van der Waals surface area (Å²) in [4.78, 5) is 15.2. The minimum Gasteiger partial charge on any atom is -0.497 e. The van der Waals surface area contributed by atoms with E-state index in [1.54, 1.807) is 7.11 Å². The highest BCUT2D eigenvalue weighted by atomic mass is 16.5. The van der Waals surface area contributed by atoms with Crippen molar-refractivity contribution in [2.45, 2.75) is 45.6 Å². The smallest absolute Gasteiger partial charge is 0.168 e. The molecule has 3 heterocycles. The molecule has 0 spiro atoms. The largest absolute Gasteiger partial charge is 0.497 e. The van der Waals surface area contributed by atoms with E-state index >= 15 is 0 Å². The van der Waals surface area contributed by atoms with Gasteiger partial charge in [0.05, 0.1) is 24.4 Å². The Morgan fingerprint density at radius 2 is 1.83 bits per heavy atom. The number of nitrogens with zero attached hydrogens (tertiary/aromatic N) is 6. The zero-order valence-electron chi connectivity index (χ0n) is 21.6. The number of hydrogen-bond donors (Lipinski definition) is 0. The molecule has 7 heteroatoms. The lowest BCUT2D eigenvalue weighted by molar-refractivity contribution is 0.285. The topological polar surface area (TPSA) is 59.3 Å². The van der Waals surface area contributed by atoms with Gasteiger partial charge in [0.15, 0.2) is 5.65 Å². The molecule has 0 amide bonds. The summed E-state index contributed by atoms with van der Waals surface area (Å²) in [6, 6.07) is 18.6. The summed E-state index contributed by atoms with van der Waals surface area (Å²) in [5, 5.41) is 5.76. The summed E-state index contributed by atoms with van der Waals surface area (Å²) in [5.41, 5.74) is 3.19. The molecule has 5 rings (SSSR count). The maximum absolute atomic E-state index is 5.42. The lowest BCUT2D eigenvalue weighted by Crippen LogP contribution is -2.31. The van der Waals surface area contributed by atoms with E-state index in [4.69, 9.17) is 19.8 Å². The van der Waals surface area contributed by atoms with Crippen LogP contribution in [-0.4, -0.2) is 57.9 Å².